The predicted octanol–water partition coefficient (Wildman–Crippen LogP) is 3.34. The highest BCUT2D eigenvalue weighted by Crippen LogP contribution is 2.26. The number of hydrogen-bond acceptors (Lipinski definition) is 5. The largest absolute Gasteiger partial charge is 0.398 e. The van der Waals surface area contributed by atoms with Gasteiger partial charge in [-0.25, -0.2) is 0 Å². The van der Waals surface area contributed by atoms with Crippen molar-refractivity contribution in [2.75, 3.05) is 16.8 Å². The highest BCUT2D eigenvalue weighted by Gasteiger charge is 2.06. The van der Waals surface area contributed by atoms with Gasteiger partial charge in [0.25, 0.3) is 0 Å². The van der Waals surface area contributed by atoms with Crippen molar-refractivity contribution in [1.29, 1.82) is 0 Å². The molecule has 0 unspecified atom stereocenters. The number of carbonyl (C=O) groups is 1. The molecule has 0 radical (unpaired) electrons. The molecule has 1 amide bonds. The molecular weight excluding hydrogens is 298 g/mol. The minimum absolute atomic E-state index is 0.104. The third-order valence-electron chi connectivity index (χ3n) is 2.47. The second-order valence-corrected chi connectivity index (χ2v) is 5.73. The van der Waals surface area contributed by atoms with Gasteiger partial charge in [0.15, 0.2) is 5.82 Å². The smallest absolute Gasteiger partial charge is 0.226 e. The molecule has 0 saturated heterocycles. The van der Waals surface area contributed by atoms with E-state index in [0.29, 0.717) is 34.5 Å². The summed E-state index contributed by atoms with van der Waals surface area (Å²) in [6, 6.07) is 7.10. The molecule has 0 saturated carbocycles. The van der Waals surface area contributed by atoms with Gasteiger partial charge >= 0.3 is 0 Å². The number of aryl methyl sites for hydroxylation is 1. The lowest BCUT2D eigenvalue weighted by Gasteiger charge is -2.04. The predicted molar refractivity (Wildman–Crippen MR) is 81.1 cm³/mol. The first-order chi connectivity index (χ1) is 9.54. The molecule has 7 heteroatoms. The molecule has 2 aromatic rings. The molecule has 0 bridgehead atoms. The molecule has 0 atom stereocenters. The monoisotopic (exact) mass is 311 g/mol. The SMILES string of the molecule is Cc1cc(NC(=O)CCSc2ccc(N)c(Cl)c2)no1. The van der Waals surface area contributed by atoms with Gasteiger partial charge in [-0.15, -0.1) is 11.8 Å². The van der Waals surface area contributed by atoms with Crippen LogP contribution in [0.2, 0.25) is 5.02 Å². The average Bonchev–Trinajstić information content (AvgIpc) is 2.79. The molecule has 106 valence electrons. The lowest BCUT2D eigenvalue weighted by atomic mass is 10.3. The van der Waals surface area contributed by atoms with Crippen LogP contribution in [-0.4, -0.2) is 16.8 Å². The topological polar surface area (TPSA) is 81.2 Å². The van der Waals surface area contributed by atoms with Crippen LogP contribution >= 0.6 is 23.4 Å². The Kier molecular flexibility index (Phi) is 4.92. The first-order valence-electron chi connectivity index (χ1n) is 5.95. The molecular formula is C13H14ClN3O2S. The van der Waals surface area contributed by atoms with Crippen LogP contribution in [0.15, 0.2) is 33.7 Å². The Morgan fingerprint density at radius 1 is 1.50 bits per heavy atom. The van der Waals surface area contributed by atoms with Gasteiger partial charge in [-0.3, -0.25) is 4.79 Å². The number of hydrogen-bond donors (Lipinski definition) is 2. The molecule has 0 aliphatic rings. The molecule has 1 aromatic carbocycles. The molecule has 2 rings (SSSR count). The molecule has 0 fully saturated rings. The number of benzene rings is 1. The number of rotatable bonds is 5. The number of nitrogens with two attached hydrogens (primary N) is 1. The van der Waals surface area contributed by atoms with E-state index in [4.69, 9.17) is 21.9 Å². The molecule has 5 nitrogen and oxygen atoms in total. The number of nitrogens with one attached hydrogen (secondary N) is 1. The average molecular weight is 312 g/mol. The number of anilines is 2. The van der Waals surface area contributed by atoms with E-state index in [0.717, 1.165) is 4.90 Å². The van der Waals surface area contributed by atoms with Gasteiger partial charge in [-0.1, -0.05) is 16.8 Å². The first kappa shape index (κ1) is 14.7. The van der Waals surface area contributed by atoms with Crippen molar-refractivity contribution in [2.45, 2.75) is 18.2 Å². The standard InChI is InChI=1S/C13H14ClN3O2S/c1-8-6-12(17-19-8)16-13(18)4-5-20-9-2-3-11(15)10(14)7-9/h2-3,6-7H,4-5,15H2,1H3,(H,16,17,18). The summed E-state index contributed by atoms with van der Waals surface area (Å²) in [5.41, 5.74) is 6.18. The van der Waals surface area contributed by atoms with E-state index in [2.05, 4.69) is 10.5 Å². The normalized spacial score (nSPS) is 10.5. The molecule has 1 heterocycles. The number of nitrogen functional groups attached to an aromatic ring is 1. The van der Waals surface area contributed by atoms with Gasteiger partial charge in [0, 0.05) is 23.1 Å². The lowest BCUT2D eigenvalue weighted by molar-refractivity contribution is -0.115. The Morgan fingerprint density at radius 3 is 2.95 bits per heavy atom. The Balaban J connectivity index is 1.77. The number of halogens is 1. The van der Waals surface area contributed by atoms with Gasteiger partial charge in [-0.05, 0) is 25.1 Å². The van der Waals surface area contributed by atoms with Crippen LogP contribution in [0.3, 0.4) is 0 Å². The van der Waals surface area contributed by atoms with E-state index < -0.39 is 0 Å². The second-order valence-electron chi connectivity index (χ2n) is 4.15. The Labute approximate surface area is 125 Å². The molecule has 0 spiro atoms. The minimum Gasteiger partial charge on any atom is -0.398 e. The van der Waals surface area contributed by atoms with Crippen LogP contribution in [-0.2, 0) is 4.79 Å². The maximum Gasteiger partial charge on any atom is 0.226 e. The second kappa shape index (κ2) is 6.67. The first-order valence-corrected chi connectivity index (χ1v) is 7.32. The quantitative estimate of drug-likeness (QED) is 0.654. The molecule has 20 heavy (non-hydrogen) atoms. The van der Waals surface area contributed by atoms with Gasteiger partial charge in [-0.2, -0.15) is 0 Å². The highest BCUT2D eigenvalue weighted by atomic mass is 35.5. The van der Waals surface area contributed by atoms with E-state index in [-0.39, 0.29) is 5.91 Å². The zero-order chi connectivity index (χ0) is 14.5. The van der Waals surface area contributed by atoms with E-state index >= 15 is 0 Å². The molecule has 0 aliphatic heterocycles. The Hall–Kier alpha value is -1.66. The van der Waals surface area contributed by atoms with Crippen LogP contribution in [0.1, 0.15) is 12.2 Å². The summed E-state index contributed by atoms with van der Waals surface area (Å²) >= 11 is 7.47. The molecule has 1 aromatic heterocycles. The van der Waals surface area contributed by atoms with Crippen LogP contribution in [0.4, 0.5) is 11.5 Å². The van der Waals surface area contributed by atoms with Crippen LogP contribution in [0, 0.1) is 6.92 Å². The van der Waals surface area contributed by atoms with E-state index in [1.165, 1.54) is 0 Å². The van der Waals surface area contributed by atoms with Crippen LogP contribution in [0.5, 0.6) is 0 Å². The Morgan fingerprint density at radius 2 is 2.30 bits per heavy atom. The fourth-order valence-corrected chi connectivity index (χ4v) is 2.62. The summed E-state index contributed by atoms with van der Waals surface area (Å²) < 4.78 is 4.87. The zero-order valence-corrected chi connectivity index (χ0v) is 12.4. The third-order valence-corrected chi connectivity index (χ3v) is 3.79. The maximum absolute atomic E-state index is 11.7. The van der Waals surface area contributed by atoms with Crippen LogP contribution < -0.4 is 11.1 Å². The summed E-state index contributed by atoms with van der Waals surface area (Å²) in [4.78, 5) is 12.7. The van der Waals surface area contributed by atoms with E-state index in [1.807, 2.05) is 6.07 Å². The lowest BCUT2D eigenvalue weighted by Crippen LogP contribution is -2.12. The summed E-state index contributed by atoms with van der Waals surface area (Å²) in [5.74, 6) is 1.63. The molecule has 0 aliphatic carbocycles. The van der Waals surface area contributed by atoms with Gasteiger partial charge in [0.05, 0.1) is 10.7 Å². The number of amides is 1. The van der Waals surface area contributed by atoms with Crippen molar-refractivity contribution in [2.24, 2.45) is 0 Å². The van der Waals surface area contributed by atoms with Gasteiger partial charge in [0.1, 0.15) is 5.76 Å². The highest BCUT2D eigenvalue weighted by molar-refractivity contribution is 7.99. The van der Waals surface area contributed by atoms with Crippen LogP contribution in [0.25, 0.3) is 0 Å². The van der Waals surface area contributed by atoms with Crippen molar-refractivity contribution in [3.05, 3.63) is 35.0 Å². The number of nitrogens with zero attached hydrogens (tertiary/aromatic N) is 1. The fourth-order valence-electron chi connectivity index (χ4n) is 1.49. The summed E-state index contributed by atoms with van der Waals surface area (Å²) in [7, 11) is 0. The van der Waals surface area contributed by atoms with E-state index in [9.17, 15) is 4.79 Å². The summed E-state index contributed by atoms with van der Waals surface area (Å²) in [6.45, 7) is 1.77. The fraction of sp³-hybridized carbons (Fsp3) is 0.231. The summed E-state index contributed by atoms with van der Waals surface area (Å²) in [6.07, 6.45) is 0.374. The maximum atomic E-state index is 11.7. The minimum atomic E-state index is -0.104. The zero-order valence-electron chi connectivity index (χ0n) is 10.9. The van der Waals surface area contributed by atoms with Crippen molar-refractivity contribution >= 4 is 40.8 Å². The van der Waals surface area contributed by atoms with Crippen molar-refractivity contribution in [3.63, 3.8) is 0 Å². The third kappa shape index (κ3) is 4.18. The van der Waals surface area contributed by atoms with Crippen molar-refractivity contribution < 1.29 is 9.32 Å². The van der Waals surface area contributed by atoms with Gasteiger partial charge in [0.2, 0.25) is 5.91 Å². The number of aromatic nitrogens is 1. The Bertz CT molecular complexity index is 615. The van der Waals surface area contributed by atoms with Crippen molar-refractivity contribution in [1.82, 2.24) is 5.16 Å². The number of thioether (sulfide) groups is 1. The number of carbonyl (C=O) groups excluding carboxylic acids is 1. The van der Waals surface area contributed by atoms with Crippen molar-refractivity contribution in [3.8, 4) is 0 Å². The van der Waals surface area contributed by atoms with E-state index in [1.54, 1.807) is 36.9 Å². The van der Waals surface area contributed by atoms with Gasteiger partial charge < -0.3 is 15.6 Å². The summed E-state index contributed by atoms with van der Waals surface area (Å²) in [5, 5.41) is 6.89. The molecule has 3 N–H and O–H groups in total.